The molecule has 0 bridgehead atoms. The molecule has 0 aliphatic heterocycles. The molecule has 32 heavy (non-hydrogen) atoms. The Morgan fingerprint density at radius 1 is 0.844 bits per heavy atom. The Hall–Kier alpha value is -0.820. The molecule has 1 fully saturated rings. The van der Waals surface area contributed by atoms with E-state index in [2.05, 4.69) is 32.7 Å². The molecule has 3 N–H and O–H groups in total. The molecule has 1 aliphatic carbocycles. The Kier molecular flexibility index (Phi) is 17.9. The molecule has 0 aromatic rings. The first-order valence-electron chi connectivity index (χ1n) is 13.4. The molecule has 0 heterocycles. The molecule has 6 nitrogen and oxygen atoms in total. The van der Waals surface area contributed by atoms with Crippen LogP contribution >= 0.6 is 11.9 Å². The lowest BCUT2D eigenvalue weighted by Crippen LogP contribution is -2.49. The summed E-state index contributed by atoms with van der Waals surface area (Å²) < 4.78 is 0. The fraction of sp³-hybridized carbons (Fsp3) is 0.960. The van der Waals surface area contributed by atoms with E-state index in [0.717, 1.165) is 18.6 Å². The quantitative estimate of drug-likeness (QED) is 0.0774. The van der Waals surface area contributed by atoms with E-state index in [1.807, 2.05) is 13.8 Å². The lowest BCUT2D eigenvalue weighted by Gasteiger charge is -2.22. The third-order valence-corrected chi connectivity index (χ3v) is 6.79. The molecule has 0 radical (unpaired) electrons. The van der Waals surface area contributed by atoms with Crippen molar-refractivity contribution in [3.05, 3.63) is 0 Å². The summed E-state index contributed by atoms with van der Waals surface area (Å²) in [6, 6.07) is 0.0531. The molecule has 1 aliphatic rings. The van der Waals surface area contributed by atoms with Gasteiger partial charge in [-0.2, -0.15) is 15.1 Å². The van der Waals surface area contributed by atoms with Crippen molar-refractivity contribution in [3.63, 3.8) is 0 Å². The van der Waals surface area contributed by atoms with Gasteiger partial charge in [-0.15, -0.1) is 0 Å². The van der Waals surface area contributed by atoms with Gasteiger partial charge in [-0.1, -0.05) is 115 Å². The maximum atomic E-state index is 12.1. The third-order valence-electron chi connectivity index (χ3n) is 6.05. The van der Waals surface area contributed by atoms with Gasteiger partial charge in [0.05, 0.1) is 6.04 Å². The average Bonchev–Trinajstić information content (AvgIpc) is 2.78. The highest BCUT2D eigenvalue weighted by molar-refractivity contribution is 7.97. The van der Waals surface area contributed by atoms with Crippen LogP contribution in [0.15, 0.2) is 10.2 Å². The van der Waals surface area contributed by atoms with Crippen molar-refractivity contribution in [1.29, 1.82) is 0 Å². The van der Waals surface area contributed by atoms with E-state index in [-0.39, 0.29) is 6.03 Å². The standard InChI is InChI=1S/C25H51N5OS/c1-4-5-6-7-8-9-10-11-12-13-14-15-19-22-32-30-28-24(31)26-25(2,3)29-27-23-20-17-16-18-21-23/h23,30H,4-22H2,1-3H3,(H2,26,28,31). The van der Waals surface area contributed by atoms with Crippen LogP contribution in [0.25, 0.3) is 0 Å². The average molecular weight is 470 g/mol. The zero-order valence-electron chi connectivity index (χ0n) is 21.2. The summed E-state index contributed by atoms with van der Waals surface area (Å²) in [7, 11) is 0. The number of amides is 2. The third kappa shape index (κ3) is 17.7. The smallest absolute Gasteiger partial charge is 0.311 e. The van der Waals surface area contributed by atoms with Crippen molar-refractivity contribution < 1.29 is 4.79 Å². The van der Waals surface area contributed by atoms with E-state index >= 15 is 0 Å². The molecule has 0 unspecified atom stereocenters. The molecule has 188 valence electrons. The summed E-state index contributed by atoms with van der Waals surface area (Å²) in [6.45, 7) is 6.03. The Bertz CT molecular complexity index is 481. The Morgan fingerprint density at radius 3 is 1.94 bits per heavy atom. The number of hydrogen-bond acceptors (Lipinski definition) is 5. The monoisotopic (exact) mass is 469 g/mol. The van der Waals surface area contributed by atoms with Crippen molar-refractivity contribution in [3.8, 4) is 0 Å². The van der Waals surface area contributed by atoms with E-state index in [1.54, 1.807) is 11.9 Å². The van der Waals surface area contributed by atoms with E-state index in [4.69, 9.17) is 0 Å². The first-order chi connectivity index (χ1) is 15.5. The fourth-order valence-corrected chi connectivity index (χ4v) is 4.70. The highest BCUT2D eigenvalue weighted by atomic mass is 32.2. The maximum Gasteiger partial charge on any atom is 0.331 e. The van der Waals surface area contributed by atoms with E-state index in [1.165, 1.54) is 103 Å². The van der Waals surface area contributed by atoms with Gasteiger partial charge >= 0.3 is 6.03 Å². The molecular formula is C25H51N5OS. The number of urea groups is 1. The number of rotatable bonds is 19. The molecule has 1 rings (SSSR count). The molecule has 0 spiro atoms. The molecule has 0 aromatic carbocycles. The largest absolute Gasteiger partial charge is 0.331 e. The Balaban J connectivity index is 1.88. The molecule has 2 amide bonds. The number of unbranched alkanes of at least 4 members (excludes halogenated alkanes) is 12. The van der Waals surface area contributed by atoms with E-state index < -0.39 is 5.66 Å². The van der Waals surface area contributed by atoms with Crippen LogP contribution in [-0.4, -0.2) is 23.5 Å². The van der Waals surface area contributed by atoms with Crippen LogP contribution in [0.5, 0.6) is 0 Å². The van der Waals surface area contributed by atoms with Gasteiger partial charge in [0.1, 0.15) is 5.66 Å². The summed E-state index contributed by atoms with van der Waals surface area (Å²) in [5, 5.41) is 11.7. The van der Waals surface area contributed by atoms with Gasteiger partial charge in [0, 0.05) is 5.75 Å². The molecule has 7 heteroatoms. The number of hydrogen-bond donors (Lipinski definition) is 3. The second kappa shape index (κ2) is 19.6. The second-order valence-corrected chi connectivity index (χ2v) is 10.7. The van der Waals surface area contributed by atoms with Gasteiger partial charge in [0.25, 0.3) is 0 Å². The van der Waals surface area contributed by atoms with Gasteiger partial charge in [0.15, 0.2) is 0 Å². The molecule has 0 atom stereocenters. The van der Waals surface area contributed by atoms with Gasteiger partial charge in [-0.05, 0) is 33.1 Å². The number of nitrogens with zero attached hydrogens (tertiary/aromatic N) is 2. The fourth-order valence-electron chi connectivity index (χ4n) is 4.08. The van der Waals surface area contributed by atoms with Gasteiger partial charge < -0.3 is 5.32 Å². The van der Waals surface area contributed by atoms with Gasteiger partial charge in [-0.25, -0.2) is 4.79 Å². The highest BCUT2D eigenvalue weighted by Gasteiger charge is 2.21. The minimum Gasteiger partial charge on any atom is -0.311 e. The summed E-state index contributed by atoms with van der Waals surface area (Å²) in [5.41, 5.74) is 1.99. The minimum absolute atomic E-state index is 0.268. The molecule has 1 saturated carbocycles. The highest BCUT2D eigenvalue weighted by Crippen LogP contribution is 2.21. The van der Waals surface area contributed by atoms with Crippen LogP contribution in [0.1, 0.15) is 136 Å². The van der Waals surface area contributed by atoms with E-state index in [0.29, 0.717) is 6.04 Å². The van der Waals surface area contributed by atoms with Crippen molar-refractivity contribution in [2.45, 2.75) is 148 Å². The predicted molar refractivity (Wildman–Crippen MR) is 139 cm³/mol. The Labute approximate surface area is 202 Å². The summed E-state index contributed by atoms with van der Waals surface area (Å²) >= 11 is 1.55. The van der Waals surface area contributed by atoms with Crippen molar-refractivity contribution in [1.82, 2.24) is 15.6 Å². The number of carbonyl (C=O) groups excluding carboxylic acids is 1. The minimum atomic E-state index is -0.692. The van der Waals surface area contributed by atoms with Crippen LogP contribution < -0.4 is 15.6 Å². The van der Waals surface area contributed by atoms with Crippen LogP contribution in [-0.2, 0) is 0 Å². The summed E-state index contributed by atoms with van der Waals surface area (Å²) in [5.74, 6) is 1.00. The summed E-state index contributed by atoms with van der Waals surface area (Å²) in [6.07, 6.45) is 23.8. The predicted octanol–water partition coefficient (Wildman–Crippen LogP) is 8.05. The van der Waals surface area contributed by atoms with Crippen LogP contribution in [0.3, 0.4) is 0 Å². The van der Waals surface area contributed by atoms with Gasteiger partial charge in [-0.3, -0.25) is 5.43 Å². The van der Waals surface area contributed by atoms with Crippen molar-refractivity contribution in [2.24, 2.45) is 10.2 Å². The number of hydrazine groups is 1. The lowest BCUT2D eigenvalue weighted by atomic mass is 9.96. The normalized spacial score (nSPS) is 15.3. The zero-order valence-corrected chi connectivity index (χ0v) is 22.0. The van der Waals surface area contributed by atoms with Crippen LogP contribution in [0.4, 0.5) is 4.79 Å². The lowest BCUT2D eigenvalue weighted by molar-refractivity contribution is 0.228. The second-order valence-electron chi connectivity index (χ2n) is 9.84. The van der Waals surface area contributed by atoms with E-state index in [9.17, 15) is 4.79 Å². The molecular weight excluding hydrogens is 418 g/mol. The van der Waals surface area contributed by atoms with Crippen LogP contribution in [0, 0.1) is 0 Å². The number of carbonyl (C=O) groups is 1. The number of nitrogens with one attached hydrogen (secondary N) is 3. The topological polar surface area (TPSA) is 77.9 Å². The van der Waals surface area contributed by atoms with Crippen molar-refractivity contribution in [2.75, 3.05) is 5.75 Å². The molecule has 0 saturated heterocycles. The summed E-state index contributed by atoms with van der Waals surface area (Å²) in [4.78, 5) is 15.0. The zero-order chi connectivity index (χ0) is 23.3. The molecule has 0 aromatic heterocycles. The van der Waals surface area contributed by atoms with Gasteiger partial charge in [0.2, 0.25) is 0 Å². The van der Waals surface area contributed by atoms with Crippen molar-refractivity contribution >= 4 is 18.0 Å². The Morgan fingerprint density at radius 2 is 1.38 bits per heavy atom. The first kappa shape index (κ1) is 29.2. The first-order valence-corrected chi connectivity index (χ1v) is 14.4. The maximum absolute atomic E-state index is 12.1. The number of azo groups is 1. The van der Waals surface area contributed by atoms with Crippen LogP contribution in [0.2, 0.25) is 0 Å². The SMILES string of the molecule is CCCCCCCCCCCCCCCSNNC(=O)NC(C)(C)N=NC1CCCCC1.